The SMILES string of the molecule is O=C(O)CC1=C(C(=O)C2CC2)N(Cc2ccccc2F)CCC1SSc1ccc(Cl)nn1. The van der Waals surface area contributed by atoms with Crippen LogP contribution in [0.15, 0.2) is 52.7 Å². The molecular formula is C22H21ClFN3O3S2. The monoisotopic (exact) mass is 493 g/mol. The fraction of sp³-hybridized carbons (Fsp3) is 0.364. The largest absolute Gasteiger partial charge is 0.481 e. The van der Waals surface area contributed by atoms with Gasteiger partial charge in [-0.25, -0.2) is 4.39 Å². The van der Waals surface area contributed by atoms with Crippen LogP contribution in [-0.4, -0.2) is 43.8 Å². The molecule has 32 heavy (non-hydrogen) atoms. The van der Waals surface area contributed by atoms with Crippen LogP contribution in [0.3, 0.4) is 0 Å². The van der Waals surface area contributed by atoms with Crippen molar-refractivity contribution in [3.05, 3.63) is 64.2 Å². The molecule has 4 rings (SSSR count). The van der Waals surface area contributed by atoms with Gasteiger partial charge in [-0.1, -0.05) is 40.6 Å². The number of hydrogen-bond donors (Lipinski definition) is 1. The Labute approximate surface area is 198 Å². The van der Waals surface area contributed by atoms with Crippen LogP contribution in [0.4, 0.5) is 4.39 Å². The lowest BCUT2D eigenvalue weighted by atomic mass is 9.94. The maximum Gasteiger partial charge on any atom is 0.307 e. The van der Waals surface area contributed by atoms with Crippen LogP contribution >= 0.6 is 33.2 Å². The first kappa shape index (κ1) is 23.1. The van der Waals surface area contributed by atoms with Gasteiger partial charge in [0.05, 0.1) is 12.1 Å². The van der Waals surface area contributed by atoms with E-state index in [1.807, 2.05) is 4.90 Å². The van der Waals surface area contributed by atoms with E-state index >= 15 is 0 Å². The van der Waals surface area contributed by atoms with Gasteiger partial charge >= 0.3 is 5.97 Å². The van der Waals surface area contributed by atoms with Gasteiger partial charge in [0.25, 0.3) is 0 Å². The summed E-state index contributed by atoms with van der Waals surface area (Å²) in [6, 6.07) is 9.87. The van der Waals surface area contributed by atoms with Gasteiger partial charge in [0.15, 0.2) is 10.9 Å². The number of carboxylic acid groups (broad SMARTS) is 1. The zero-order valence-corrected chi connectivity index (χ0v) is 19.4. The number of carbonyl (C=O) groups excluding carboxylic acids is 1. The molecule has 2 aliphatic rings. The molecule has 1 atom stereocenters. The van der Waals surface area contributed by atoms with E-state index in [2.05, 4.69) is 10.2 Å². The molecule has 0 amide bonds. The number of halogens is 2. The Kier molecular flexibility index (Phi) is 7.37. The molecular weight excluding hydrogens is 473 g/mol. The third kappa shape index (κ3) is 5.63. The average molecular weight is 494 g/mol. The standard InChI is InChI=1S/C22H21ClFN3O3S2/c23-18-7-8-19(26-25-18)32-31-17-9-10-27(12-14-3-1-2-4-16(14)24)21(15(17)11-20(28)29)22(30)13-5-6-13/h1-4,7-8,13,17H,5-6,9-12H2,(H,28,29). The quantitative estimate of drug-likeness (QED) is 0.489. The molecule has 1 N–H and O–H groups in total. The van der Waals surface area contributed by atoms with E-state index in [-0.39, 0.29) is 35.7 Å². The second-order valence-electron chi connectivity index (χ2n) is 7.75. The third-order valence-electron chi connectivity index (χ3n) is 5.37. The van der Waals surface area contributed by atoms with Crippen LogP contribution in [0.1, 0.15) is 31.2 Å². The molecule has 168 valence electrons. The van der Waals surface area contributed by atoms with Crippen molar-refractivity contribution in [2.24, 2.45) is 5.92 Å². The first-order chi connectivity index (χ1) is 15.4. The number of carbonyl (C=O) groups is 2. The molecule has 6 nitrogen and oxygen atoms in total. The molecule has 1 aliphatic heterocycles. The van der Waals surface area contributed by atoms with Gasteiger partial charge in [-0.2, -0.15) is 0 Å². The van der Waals surface area contributed by atoms with Gasteiger partial charge < -0.3 is 10.0 Å². The maximum atomic E-state index is 14.3. The lowest BCUT2D eigenvalue weighted by Gasteiger charge is -2.37. The molecule has 0 radical (unpaired) electrons. The van der Waals surface area contributed by atoms with Gasteiger partial charge in [-0.05, 0) is 53.8 Å². The molecule has 1 fully saturated rings. The summed E-state index contributed by atoms with van der Waals surface area (Å²) in [5.74, 6) is -1.43. The lowest BCUT2D eigenvalue weighted by Crippen LogP contribution is -2.38. The highest BCUT2D eigenvalue weighted by Gasteiger charge is 2.40. The minimum absolute atomic E-state index is 0.0285. The zero-order valence-electron chi connectivity index (χ0n) is 17.0. The molecule has 2 heterocycles. The summed E-state index contributed by atoms with van der Waals surface area (Å²) in [6.07, 6.45) is 2.02. The van der Waals surface area contributed by atoms with Gasteiger partial charge in [0.2, 0.25) is 0 Å². The predicted octanol–water partition coefficient (Wildman–Crippen LogP) is 4.99. The van der Waals surface area contributed by atoms with Crippen molar-refractivity contribution in [2.45, 2.75) is 42.5 Å². The van der Waals surface area contributed by atoms with E-state index in [1.165, 1.54) is 27.7 Å². The van der Waals surface area contributed by atoms with Crippen LogP contribution in [0, 0.1) is 11.7 Å². The number of rotatable bonds is 9. The number of allylic oxidation sites excluding steroid dienone is 1. The smallest absolute Gasteiger partial charge is 0.307 e. The Bertz CT molecular complexity index is 1050. The molecule has 1 saturated carbocycles. The number of aromatic nitrogens is 2. The third-order valence-corrected chi connectivity index (χ3v) is 8.31. The van der Waals surface area contributed by atoms with Crippen molar-refractivity contribution in [3.8, 4) is 0 Å². The summed E-state index contributed by atoms with van der Waals surface area (Å²) >= 11 is 5.79. The van der Waals surface area contributed by atoms with E-state index < -0.39 is 5.97 Å². The van der Waals surface area contributed by atoms with Gasteiger partial charge in [-0.15, -0.1) is 10.2 Å². The van der Waals surface area contributed by atoms with Crippen LogP contribution in [0.25, 0.3) is 0 Å². The van der Waals surface area contributed by atoms with E-state index in [0.717, 1.165) is 12.8 Å². The molecule has 1 aliphatic carbocycles. The predicted molar refractivity (Wildman–Crippen MR) is 123 cm³/mol. The van der Waals surface area contributed by atoms with Crippen molar-refractivity contribution >= 4 is 44.9 Å². The van der Waals surface area contributed by atoms with Crippen molar-refractivity contribution in [2.75, 3.05) is 6.54 Å². The average Bonchev–Trinajstić information content (AvgIpc) is 3.61. The van der Waals surface area contributed by atoms with E-state index in [1.54, 1.807) is 30.3 Å². The molecule has 10 heteroatoms. The fourth-order valence-corrected chi connectivity index (χ4v) is 6.25. The molecule has 1 unspecified atom stereocenters. The highest BCUT2D eigenvalue weighted by Crippen LogP contribution is 2.44. The Morgan fingerprint density at radius 1 is 1.16 bits per heavy atom. The zero-order chi connectivity index (χ0) is 22.7. The van der Waals surface area contributed by atoms with Crippen LogP contribution < -0.4 is 0 Å². The van der Waals surface area contributed by atoms with Crippen molar-refractivity contribution < 1.29 is 19.1 Å². The molecule has 2 aromatic rings. The highest BCUT2D eigenvalue weighted by molar-refractivity contribution is 8.77. The number of carboxylic acids is 1. The number of ketones is 1. The van der Waals surface area contributed by atoms with Crippen molar-refractivity contribution in [3.63, 3.8) is 0 Å². The van der Waals surface area contributed by atoms with Crippen LogP contribution in [0.2, 0.25) is 5.15 Å². The van der Waals surface area contributed by atoms with Gasteiger partial charge in [0, 0.05) is 29.8 Å². The summed E-state index contributed by atoms with van der Waals surface area (Å²) in [4.78, 5) is 26.8. The number of hydrogen-bond acceptors (Lipinski definition) is 7. The maximum absolute atomic E-state index is 14.3. The second-order valence-corrected chi connectivity index (χ2v) is 10.6. The lowest BCUT2D eigenvalue weighted by molar-refractivity contribution is -0.136. The number of benzene rings is 1. The molecule has 0 saturated heterocycles. The van der Waals surface area contributed by atoms with E-state index in [9.17, 15) is 19.1 Å². The van der Waals surface area contributed by atoms with E-state index in [0.29, 0.717) is 40.0 Å². The van der Waals surface area contributed by atoms with E-state index in [4.69, 9.17) is 11.6 Å². The molecule has 0 bridgehead atoms. The minimum Gasteiger partial charge on any atom is -0.481 e. The highest BCUT2D eigenvalue weighted by atomic mass is 35.5. The Balaban J connectivity index is 1.64. The first-order valence-electron chi connectivity index (χ1n) is 10.2. The minimum atomic E-state index is -0.990. The summed E-state index contributed by atoms with van der Waals surface area (Å²) in [6.45, 7) is 0.770. The molecule has 1 aromatic heterocycles. The van der Waals surface area contributed by atoms with Crippen LogP contribution in [-0.2, 0) is 16.1 Å². The van der Waals surface area contributed by atoms with Gasteiger partial charge in [0.1, 0.15) is 10.8 Å². The number of aliphatic carboxylic acids is 1. The van der Waals surface area contributed by atoms with Crippen molar-refractivity contribution in [1.82, 2.24) is 15.1 Å². The molecule has 1 aromatic carbocycles. The Morgan fingerprint density at radius 3 is 2.59 bits per heavy atom. The number of nitrogens with zero attached hydrogens (tertiary/aromatic N) is 3. The van der Waals surface area contributed by atoms with Gasteiger partial charge in [-0.3, -0.25) is 9.59 Å². The number of Topliss-reactive ketones (excluding diaryl/α,β-unsaturated/α-hetero) is 1. The fourth-order valence-electron chi connectivity index (χ4n) is 3.68. The second kappa shape index (κ2) is 10.2. The summed E-state index contributed by atoms with van der Waals surface area (Å²) in [7, 11) is 2.85. The summed E-state index contributed by atoms with van der Waals surface area (Å²) in [5, 5.41) is 18.2. The normalized spacial score (nSPS) is 18.7. The summed E-state index contributed by atoms with van der Waals surface area (Å²) in [5.41, 5.74) is 1.53. The summed E-state index contributed by atoms with van der Waals surface area (Å²) < 4.78 is 14.3. The van der Waals surface area contributed by atoms with Crippen molar-refractivity contribution in [1.29, 1.82) is 0 Å². The van der Waals surface area contributed by atoms with Crippen LogP contribution in [0.5, 0.6) is 0 Å². The molecule has 0 spiro atoms. The first-order valence-corrected chi connectivity index (χ1v) is 12.8. The Hall–Kier alpha value is -2.10. The Morgan fingerprint density at radius 2 is 1.94 bits per heavy atom. The topological polar surface area (TPSA) is 83.4 Å².